The van der Waals surface area contributed by atoms with E-state index in [0.717, 1.165) is 5.56 Å². The van der Waals surface area contributed by atoms with Gasteiger partial charge in [-0.05, 0) is 13.0 Å². The van der Waals surface area contributed by atoms with Gasteiger partial charge in [0.15, 0.2) is 5.60 Å². The van der Waals surface area contributed by atoms with Crippen LogP contribution in [0.4, 0.5) is 5.69 Å². The summed E-state index contributed by atoms with van der Waals surface area (Å²) in [5, 5.41) is 0. The van der Waals surface area contributed by atoms with Crippen molar-refractivity contribution in [2.75, 3.05) is 12.0 Å². The molecule has 1 aliphatic heterocycles. The predicted molar refractivity (Wildman–Crippen MR) is 59.0 cm³/mol. The van der Waals surface area contributed by atoms with E-state index in [9.17, 15) is 9.59 Å². The topological polar surface area (TPSA) is 46.6 Å². The van der Waals surface area contributed by atoms with Crippen LogP contribution < -0.4 is 4.90 Å². The van der Waals surface area contributed by atoms with Crippen molar-refractivity contribution < 1.29 is 14.3 Å². The summed E-state index contributed by atoms with van der Waals surface area (Å²) in [4.78, 5) is 24.8. The second kappa shape index (κ2) is 3.42. The zero-order chi connectivity index (χ0) is 11.9. The first kappa shape index (κ1) is 10.8. The van der Waals surface area contributed by atoms with Crippen molar-refractivity contribution in [3.8, 4) is 0 Å². The van der Waals surface area contributed by atoms with Crippen molar-refractivity contribution in [2.45, 2.75) is 19.4 Å². The molecule has 2 rings (SSSR count). The monoisotopic (exact) mass is 219 g/mol. The van der Waals surface area contributed by atoms with Crippen LogP contribution in [0.3, 0.4) is 0 Å². The standard InChI is InChI=1S/C12H13NO3/c1-8(14)13-10-7-5-4-6-9(10)12(2,16-3)11(13)15/h4-7H,1-3H3. The quantitative estimate of drug-likeness (QED) is 0.718. The lowest BCUT2D eigenvalue weighted by Crippen LogP contribution is -2.41. The first-order valence-corrected chi connectivity index (χ1v) is 5.02. The molecule has 2 amide bonds. The minimum absolute atomic E-state index is 0.293. The fourth-order valence-corrected chi connectivity index (χ4v) is 2.02. The number of imide groups is 1. The Bertz CT molecular complexity index is 469. The third-order valence-electron chi connectivity index (χ3n) is 2.99. The maximum atomic E-state index is 12.1. The van der Waals surface area contributed by atoms with Gasteiger partial charge in [0.05, 0.1) is 5.69 Å². The Hall–Kier alpha value is -1.68. The number of benzene rings is 1. The number of hydrogen-bond donors (Lipinski definition) is 0. The van der Waals surface area contributed by atoms with Crippen molar-refractivity contribution in [1.82, 2.24) is 0 Å². The van der Waals surface area contributed by atoms with Crippen LogP contribution >= 0.6 is 0 Å². The van der Waals surface area contributed by atoms with E-state index in [-0.39, 0.29) is 11.8 Å². The van der Waals surface area contributed by atoms with Crippen LogP contribution in [0.25, 0.3) is 0 Å². The fourth-order valence-electron chi connectivity index (χ4n) is 2.02. The van der Waals surface area contributed by atoms with E-state index < -0.39 is 5.60 Å². The first-order chi connectivity index (χ1) is 7.52. The second-order valence-corrected chi connectivity index (χ2v) is 3.91. The summed E-state index contributed by atoms with van der Waals surface area (Å²) < 4.78 is 5.27. The summed E-state index contributed by atoms with van der Waals surface area (Å²) in [5.74, 6) is -0.623. The summed E-state index contributed by atoms with van der Waals surface area (Å²) >= 11 is 0. The summed E-state index contributed by atoms with van der Waals surface area (Å²) in [6, 6.07) is 7.18. The molecule has 0 saturated heterocycles. The maximum absolute atomic E-state index is 12.1. The van der Waals surface area contributed by atoms with Crippen LogP contribution in [0.15, 0.2) is 24.3 Å². The van der Waals surface area contributed by atoms with Gasteiger partial charge in [0.2, 0.25) is 5.91 Å². The SMILES string of the molecule is COC1(C)C(=O)N(C(C)=O)c2ccccc21. The zero-order valence-electron chi connectivity index (χ0n) is 9.48. The molecule has 0 radical (unpaired) electrons. The third-order valence-corrected chi connectivity index (χ3v) is 2.99. The van der Waals surface area contributed by atoms with Crippen molar-refractivity contribution in [3.63, 3.8) is 0 Å². The Kier molecular flexibility index (Phi) is 2.31. The molecule has 1 unspecified atom stereocenters. The highest BCUT2D eigenvalue weighted by Gasteiger charge is 2.49. The summed E-state index contributed by atoms with van der Waals surface area (Å²) in [6.45, 7) is 3.05. The Morgan fingerprint density at radius 2 is 2.00 bits per heavy atom. The number of hydrogen-bond acceptors (Lipinski definition) is 3. The molecule has 84 valence electrons. The summed E-state index contributed by atoms with van der Waals surface area (Å²) in [5.41, 5.74) is 0.296. The second-order valence-electron chi connectivity index (χ2n) is 3.91. The molecular formula is C12H13NO3. The molecule has 1 aliphatic rings. The molecule has 4 heteroatoms. The van der Waals surface area contributed by atoms with E-state index in [0.29, 0.717) is 5.69 Å². The molecular weight excluding hydrogens is 206 g/mol. The Morgan fingerprint density at radius 1 is 1.38 bits per heavy atom. The Morgan fingerprint density at radius 3 is 2.56 bits per heavy atom. The van der Waals surface area contributed by atoms with Gasteiger partial charge in [-0.1, -0.05) is 18.2 Å². The number of nitrogens with zero attached hydrogens (tertiary/aromatic N) is 1. The average molecular weight is 219 g/mol. The molecule has 16 heavy (non-hydrogen) atoms. The van der Waals surface area contributed by atoms with Gasteiger partial charge in [-0.3, -0.25) is 9.59 Å². The Labute approximate surface area is 93.8 Å². The average Bonchev–Trinajstić information content (AvgIpc) is 2.50. The van der Waals surface area contributed by atoms with Gasteiger partial charge in [-0.2, -0.15) is 0 Å². The van der Waals surface area contributed by atoms with Gasteiger partial charge < -0.3 is 4.74 Å². The van der Waals surface area contributed by atoms with Crippen molar-refractivity contribution in [1.29, 1.82) is 0 Å². The van der Waals surface area contributed by atoms with Gasteiger partial charge in [-0.15, -0.1) is 0 Å². The van der Waals surface area contributed by atoms with E-state index in [1.54, 1.807) is 25.1 Å². The van der Waals surface area contributed by atoms with Crippen LogP contribution in [-0.2, 0) is 19.9 Å². The molecule has 0 aliphatic carbocycles. The molecule has 1 aromatic carbocycles. The van der Waals surface area contributed by atoms with Gasteiger partial charge in [0.25, 0.3) is 5.91 Å². The van der Waals surface area contributed by atoms with E-state index in [4.69, 9.17) is 4.74 Å². The molecule has 0 fully saturated rings. The number of carbonyl (C=O) groups is 2. The number of rotatable bonds is 1. The molecule has 1 atom stereocenters. The minimum atomic E-state index is -1.05. The number of methoxy groups -OCH3 is 1. The molecule has 4 nitrogen and oxygen atoms in total. The number of anilines is 1. The number of amides is 2. The van der Waals surface area contributed by atoms with Crippen molar-refractivity contribution >= 4 is 17.5 Å². The van der Waals surface area contributed by atoms with E-state index in [1.165, 1.54) is 18.9 Å². The molecule has 0 aromatic heterocycles. The number of para-hydroxylation sites is 1. The van der Waals surface area contributed by atoms with Gasteiger partial charge >= 0.3 is 0 Å². The highest BCUT2D eigenvalue weighted by Crippen LogP contribution is 2.41. The number of ether oxygens (including phenoxy) is 1. The largest absolute Gasteiger partial charge is 0.364 e. The lowest BCUT2D eigenvalue weighted by atomic mass is 9.98. The molecule has 1 heterocycles. The third kappa shape index (κ3) is 1.20. The van der Waals surface area contributed by atoms with E-state index in [2.05, 4.69) is 0 Å². The highest BCUT2D eigenvalue weighted by molar-refractivity contribution is 6.21. The highest BCUT2D eigenvalue weighted by atomic mass is 16.5. The summed E-state index contributed by atoms with van der Waals surface area (Å²) in [7, 11) is 1.47. The zero-order valence-corrected chi connectivity index (χ0v) is 9.48. The van der Waals surface area contributed by atoms with Crippen molar-refractivity contribution in [2.24, 2.45) is 0 Å². The van der Waals surface area contributed by atoms with Gasteiger partial charge in [0.1, 0.15) is 0 Å². The Balaban J connectivity index is 2.67. The normalized spacial score (nSPS) is 23.4. The minimum Gasteiger partial charge on any atom is -0.364 e. The fraction of sp³-hybridized carbons (Fsp3) is 0.333. The molecule has 0 N–H and O–H groups in total. The molecule has 0 bridgehead atoms. The van der Waals surface area contributed by atoms with E-state index in [1.807, 2.05) is 6.07 Å². The van der Waals surface area contributed by atoms with Crippen LogP contribution in [0.1, 0.15) is 19.4 Å². The van der Waals surface area contributed by atoms with Crippen LogP contribution in [0.5, 0.6) is 0 Å². The number of carbonyl (C=O) groups excluding carboxylic acids is 2. The maximum Gasteiger partial charge on any atom is 0.270 e. The van der Waals surface area contributed by atoms with E-state index >= 15 is 0 Å². The van der Waals surface area contributed by atoms with Gasteiger partial charge in [-0.25, -0.2) is 4.90 Å². The molecule has 0 saturated carbocycles. The molecule has 1 aromatic rings. The predicted octanol–water partition coefficient (Wildman–Crippen LogP) is 1.44. The first-order valence-electron chi connectivity index (χ1n) is 5.02. The van der Waals surface area contributed by atoms with Gasteiger partial charge in [0, 0.05) is 19.6 Å². The molecule has 0 spiro atoms. The smallest absolute Gasteiger partial charge is 0.270 e. The van der Waals surface area contributed by atoms with Crippen LogP contribution in [0.2, 0.25) is 0 Å². The van der Waals surface area contributed by atoms with Crippen molar-refractivity contribution in [3.05, 3.63) is 29.8 Å². The van der Waals surface area contributed by atoms with Crippen LogP contribution in [0, 0.1) is 0 Å². The lowest BCUT2D eigenvalue weighted by molar-refractivity contribution is -0.140. The summed E-state index contributed by atoms with van der Waals surface area (Å²) in [6.07, 6.45) is 0. The lowest BCUT2D eigenvalue weighted by Gasteiger charge is -2.21. The number of fused-ring (bicyclic) bond motifs is 1. The van der Waals surface area contributed by atoms with Crippen LogP contribution in [-0.4, -0.2) is 18.9 Å².